The van der Waals surface area contributed by atoms with Crippen molar-refractivity contribution in [3.05, 3.63) is 63.1 Å². The molecule has 0 N–H and O–H groups in total. The van der Waals surface area contributed by atoms with Gasteiger partial charge in [0, 0.05) is 22.5 Å². The number of halogens is 1. The minimum atomic E-state index is 0.703. The van der Waals surface area contributed by atoms with Crippen LogP contribution in [-0.4, -0.2) is 17.9 Å². The first kappa shape index (κ1) is 14.0. The second kappa shape index (κ2) is 6.24. The van der Waals surface area contributed by atoms with Gasteiger partial charge in [-0.25, -0.2) is 4.68 Å². The Kier molecular flexibility index (Phi) is 4.17. The van der Waals surface area contributed by atoms with Crippen LogP contribution in [0, 0.1) is 0 Å². The zero-order valence-electron chi connectivity index (χ0n) is 11.2. The molecule has 0 amide bonds. The van der Waals surface area contributed by atoms with Gasteiger partial charge in [0.05, 0.1) is 18.2 Å². The molecule has 2 heterocycles. The monoisotopic (exact) mass is 361 g/mol. The van der Waals surface area contributed by atoms with Gasteiger partial charge in [0.2, 0.25) is 4.80 Å². The molecule has 0 unspecified atom stereocenters. The van der Waals surface area contributed by atoms with Crippen LogP contribution in [0.5, 0.6) is 0 Å². The number of hydrogen-bond acceptors (Lipinski definition) is 4. The number of hydrogen-bond donors (Lipinski definition) is 0. The molecule has 0 saturated carbocycles. The highest BCUT2D eigenvalue weighted by atomic mass is 79.9. The van der Waals surface area contributed by atoms with Crippen LogP contribution in [0.25, 0.3) is 11.3 Å². The Morgan fingerprint density at radius 3 is 2.81 bits per heavy atom. The van der Waals surface area contributed by atoms with Gasteiger partial charge in [-0.3, -0.25) is 4.99 Å². The van der Waals surface area contributed by atoms with E-state index in [2.05, 4.69) is 26.0 Å². The fourth-order valence-corrected chi connectivity index (χ4v) is 3.18. The Balaban J connectivity index is 2.11. The second-order valence-electron chi connectivity index (χ2n) is 4.18. The van der Waals surface area contributed by atoms with Crippen LogP contribution >= 0.6 is 27.3 Å². The van der Waals surface area contributed by atoms with Crippen molar-refractivity contribution in [2.24, 2.45) is 10.1 Å². The van der Waals surface area contributed by atoms with Crippen LogP contribution in [0.1, 0.15) is 5.76 Å². The number of benzene rings is 1. The standard InChI is InChI=1S/C15H12BrN3OS/c1-17-15-19(18-9-11-5-4-8-20-11)14(10-21-15)12-6-2-3-7-13(12)16/h2-10H,1H3/b17-15?,18-9-. The van der Waals surface area contributed by atoms with E-state index in [-0.39, 0.29) is 0 Å². The molecular formula is C15H12BrN3OS. The largest absolute Gasteiger partial charge is 0.463 e. The van der Waals surface area contributed by atoms with E-state index < -0.39 is 0 Å². The van der Waals surface area contributed by atoms with Crippen LogP contribution in [0.4, 0.5) is 0 Å². The predicted molar refractivity (Wildman–Crippen MR) is 88.6 cm³/mol. The lowest BCUT2D eigenvalue weighted by Crippen LogP contribution is -2.11. The first-order valence-electron chi connectivity index (χ1n) is 6.25. The zero-order chi connectivity index (χ0) is 14.7. The van der Waals surface area contributed by atoms with Crippen molar-refractivity contribution in [3.8, 4) is 11.3 Å². The van der Waals surface area contributed by atoms with Gasteiger partial charge in [0.25, 0.3) is 0 Å². The molecule has 0 aliphatic heterocycles. The molecule has 106 valence electrons. The van der Waals surface area contributed by atoms with Gasteiger partial charge in [-0.1, -0.05) is 34.1 Å². The molecule has 0 aliphatic rings. The molecule has 0 radical (unpaired) electrons. The topological polar surface area (TPSA) is 42.8 Å². The zero-order valence-corrected chi connectivity index (χ0v) is 13.6. The smallest absolute Gasteiger partial charge is 0.205 e. The summed E-state index contributed by atoms with van der Waals surface area (Å²) in [5.74, 6) is 0.703. The van der Waals surface area contributed by atoms with Gasteiger partial charge in [0.15, 0.2) is 0 Å². The molecule has 6 heteroatoms. The number of thiazole rings is 1. The van der Waals surface area contributed by atoms with Crippen molar-refractivity contribution in [1.29, 1.82) is 0 Å². The summed E-state index contributed by atoms with van der Waals surface area (Å²) in [5.41, 5.74) is 2.05. The summed E-state index contributed by atoms with van der Waals surface area (Å²) in [4.78, 5) is 5.09. The van der Waals surface area contributed by atoms with Crippen LogP contribution in [0.15, 0.2) is 67.0 Å². The summed E-state index contributed by atoms with van der Waals surface area (Å²) in [6, 6.07) is 11.7. The van der Waals surface area contributed by atoms with Gasteiger partial charge >= 0.3 is 0 Å². The van der Waals surface area contributed by atoms with E-state index in [0.717, 1.165) is 20.5 Å². The lowest BCUT2D eigenvalue weighted by molar-refractivity contribution is 0.559. The minimum Gasteiger partial charge on any atom is -0.463 e. The maximum atomic E-state index is 5.28. The number of furan rings is 1. The normalized spacial score (nSPS) is 12.4. The van der Waals surface area contributed by atoms with E-state index in [1.807, 2.05) is 46.5 Å². The fourth-order valence-electron chi connectivity index (χ4n) is 1.90. The Morgan fingerprint density at radius 2 is 2.10 bits per heavy atom. The number of aromatic nitrogens is 1. The van der Waals surface area contributed by atoms with Gasteiger partial charge in [-0.2, -0.15) is 5.10 Å². The van der Waals surface area contributed by atoms with Crippen LogP contribution in [-0.2, 0) is 0 Å². The van der Waals surface area contributed by atoms with E-state index in [9.17, 15) is 0 Å². The van der Waals surface area contributed by atoms with Crippen molar-refractivity contribution in [3.63, 3.8) is 0 Å². The maximum absolute atomic E-state index is 5.28. The molecule has 0 aliphatic carbocycles. The van der Waals surface area contributed by atoms with Gasteiger partial charge in [-0.15, -0.1) is 11.3 Å². The summed E-state index contributed by atoms with van der Waals surface area (Å²) in [6.07, 6.45) is 3.31. The molecule has 3 aromatic rings. The summed E-state index contributed by atoms with van der Waals surface area (Å²) < 4.78 is 8.11. The van der Waals surface area contributed by atoms with E-state index in [1.165, 1.54) is 0 Å². The summed E-state index contributed by atoms with van der Waals surface area (Å²) in [5, 5.41) is 6.53. The summed E-state index contributed by atoms with van der Waals surface area (Å²) in [6.45, 7) is 0. The Labute approximate surface area is 134 Å². The van der Waals surface area contributed by atoms with Crippen molar-refractivity contribution in [1.82, 2.24) is 4.68 Å². The molecular weight excluding hydrogens is 350 g/mol. The highest BCUT2D eigenvalue weighted by molar-refractivity contribution is 9.10. The molecule has 0 bridgehead atoms. The Morgan fingerprint density at radius 1 is 1.24 bits per heavy atom. The highest BCUT2D eigenvalue weighted by Gasteiger charge is 2.09. The highest BCUT2D eigenvalue weighted by Crippen LogP contribution is 2.28. The van der Waals surface area contributed by atoms with Gasteiger partial charge in [-0.05, 0) is 18.2 Å². The number of rotatable bonds is 3. The first-order valence-corrected chi connectivity index (χ1v) is 7.93. The third-order valence-corrected chi connectivity index (χ3v) is 4.47. The predicted octanol–water partition coefficient (Wildman–Crippen LogP) is 3.98. The quantitative estimate of drug-likeness (QED) is 0.650. The van der Waals surface area contributed by atoms with Crippen molar-refractivity contribution < 1.29 is 4.42 Å². The summed E-state index contributed by atoms with van der Waals surface area (Å²) in [7, 11) is 1.76. The molecule has 0 saturated heterocycles. The van der Waals surface area contributed by atoms with Crippen molar-refractivity contribution in [2.75, 3.05) is 7.05 Å². The second-order valence-corrected chi connectivity index (χ2v) is 5.87. The molecule has 4 nitrogen and oxygen atoms in total. The minimum absolute atomic E-state index is 0.703. The summed E-state index contributed by atoms with van der Waals surface area (Å²) >= 11 is 5.13. The van der Waals surface area contributed by atoms with E-state index in [0.29, 0.717) is 5.76 Å². The maximum Gasteiger partial charge on any atom is 0.205 e. The Hall–Kier alpha value is -1.92. The average Bonchev–Trinajstić information content (AvgIpc) is 3.14. The third-order valence-electron chi connectivity index (χ3n) is 2.87. The van der Waals surface area contributed by atoms with E-state index in [4.69, 9.17) is 4.42 Å². The SMILES string of the molecule is CN=c1scc(-c2ccccc2Br)n1/N=C\c1ccco1. The van der Waals surface area contributed by atoms with Crippen molar-refractivity contribution in [2.45, 2.75) is 0 Å². The molecule has 0 atom stereocenters. The lowest BCUT2D eigenvalue weighted by Gasteiger charge is -2.05. The lowest BCUT2D eigenvalue weighted by atomic mass is 10.2. The van der Waals surface area contributed by atoms with Crippen LogP contribution in [0.2, 0.25) is 0 Å². The Bertz CT molecular complexity index is 831. The van der Waals surface area contributed by atoms with Gasteiger partial charge in [0.1, 0.15) is 5.76 Å². The molecule has 0 fully saturated rings. The molecule has 21 heavy (non-hydrogen) atoms. The van der Waals surface area contributed by atoms with Crippen molar-refractivity contribution >= 4 is 33.5 Å². The van der Waals surface area contributed by atoms with E-state index >= 15 is 0 Å². The average molecular weight is 362 g/mol. The van der Waals surface area contributed by atoms with Crippen LogP contribution in [0.3, 0.4) is 0 Å². The molecule has 3 rings (SSSR count). The first-order chi connectivity index (χ1) is 10.3. The molecule has 1 aromatic carbocycles. The fraction of sp³-hybridized carbons (Fsp3) is 0.0667. The van der Waals surface area contributed by atoms with E-state index in [1.54, 1.807) is 30.9 Å². The molecule has 2 aromatic heterocycles. The molecule has 0 spiro atoms. The van der Waals surface area contributed by atoms with Gasteiger partial charge < -0.3 is 4.42 Å². The third kappa shape index (κ3) is 2.91. The number of nitrogens with zero attached hydrogens (tertiary/aromatic N) is 3. The van der Waals surface area contributed by atoms with Crippen LogP contribution < -0.4 is 4.80 Å².